The predicted octanol–water partition coefficient (Wildman–Crippen LogP) is 4.05. The molecule has 1 aliphatic rings. The Bertz CT molecular complexity index is 1250. The maximum absolute atomic E-state index is 12.8. The normalized spacial score (nSPS) is 14.2. The number of hydrogen-bond acceptors (Lipinski definition) is 8. The molecule has 10 nitrogen and oxygen atoms in total. The SMILES string of the molecule is CCCOC(=O)c1cc(NC(=O)CN2C(=O)S/C(=C/c3ccccc3OCC(=O)O)C2=O)ccc1Cl. The molecule has 1 saturated heterocycles. The van der Waals surface area contributed by atoms with Gasteiger partial charge in [0.1, 0.15) is 12.3 Å². The highest BCUT2D eigenvalue weighted by molar-refractivity contribution is 8.18. The fraction of sp³-hybridized carbons (Fsp3) is 0.208. The lowest BCUT2D eigenvalue weighted by Gasteiger charge is -2.13. The molecular weight excluding hydrogens is 512 g/mol. The van der Waals surface area contributed by atoms with Crippen LogP contribution in [0.15, 0.2) is 47.4 Å². The van der Waals surface area contributed by atoms with Gasteiger partial charge in [-0.15, -0.1) is 0 Å². The number of carboxylic acid groups (broad SMARTS) is 1. The van der Waals surface area contributed by atoms with Crippen molar-refractivity contribution in [3.8, 4) is 5.75 Å². The molecule has 0 bridgehead atoms. The maximum atomic E-state index is 12.8. The topological polar surface area (TPSA) is 139 Å². The summed E-state index contributed by atoms with van der Waals surface area (Å²) < 4.78 is 10.3. The zero-order valence-corrected chi connectivity index (χ0v) is 20.6. The highest BCUT2D eigenvalue weighted by Gasteiger charge is 2.36. The van der Waals surface area contributed by atoms with E-state index in [-0.39, 0.29) is 33.5 Å². The van der Waals surface area contributed by atoms with Gasteiger partial charge in [-0.05, 0) is 48.5 Å². The van der Waals surface area contributed by atoms with Crippen LogP contribution in [0.5, 0.6) is 5.75 Å². The summed E-state index contributed by atoms with van der Waals surface area (Å²) in [4.78, 5) is 61.5. The lowest BCUT2D eigenvalue weighted by atomic mass is 10.2. The Hall–Kier alpha value is -3.83. The van der Waals surface area contributed by atoms with Crippen molar-refractivity contribution in [3.05, 3.63) is 63.5 Å². The summed E-state index contributed by atoms with van der Waals surface area (Å²) in [5, 5.41) is 10.9. The van der Waals surface area contributed by atoms with E-state index in [9.17, 15) is 24.0 Å². The second-order valence-corrected chi connectivity index (χ2v) is 8.77. The molecule has 1 heterocycles. The first-order valence-electron chi connectivity index (χ1n) is 10.6. The molecule has 0 atom stereocenters. The molecule has 2 N–H and O–H groups in total. The summed E-state index contributed by atoms with van der Waals surface area (Å²) in [6, 6.07) is 10.7. The van der Waals surface area contributed by atoms with Crippen molar-refractivity contribution in [2.24, 2.45) is 0 Å². The van der Waals surface area contributed by atoms with Crippen LogP contribution in [0.1, 0.15) is 29.3 Å². The zero-order valence-electron chi connectivity index (χ0n) is 19.0. The Labute approximate surface area is 215 Å². The standard InChI is InChI=1S/C24H21ClN2O8S/c1-2-9-34-23(32)16-11-15(7-8-17(16)25)26-20(28)12-27-22(31)19(36-24(27)33)10-14-5-3-4-6-18(14)35-13-21(29)30/h3-8,10-11H,2,9,12-13H2,1H3,(H,26,28)(H,29,30)/b19-10+. The number of nitrogens with zero attached hydrogens (tertiary/aromatic N) is 1. The van der Waals surface area contributed by atoms with Gasteiger partial charge in [-0.3, -0.25) is 19.3 Å². The summed E-state index contributed by atoms with van der Waals surface area (Å²) in [6.45, 7) is 0.929. The number of para-hydroxylation sites is 1. The van der Waals surface area contributed by atoms with Crippen LogP contribution in [-0.4, -0.2) is 58.8 Å². The predicted molar refractivity (Wildman–Crippen MR) is 133 cm³/mol. The molecule has 0 spiro atoms. The van der Waals surface area contributed by atoms with Gasteiger partial charge in [-0.1, -0.05) is 36.7 Å². The lowest BCUT2D eigenvalue weighted by Crippen LogP contribution is -2.36. The van der Waals surface area contributed by atoms with E-state index < -0.39 is 42.1 Å². The van der Waals surface area contributed by atoms with Crippen LogP contribution < -0.4 is 10.1 Å². The molecule has 1 aliphatic heterocycles. The number of anilines is 1. The van der Waals surface area contributed by atoms with E-state index in [0.717, 1.165) is 4.90 Å². The number of ether oxygens (including phenoxy) is 2. The minimum Gasteiger partial charge on any atom is -0.481 e. The summed E-state index contributed by atoms with van der Waals surface area (Å²) in [7, 11) is 0. The third-order valence-corrected chi connectivity index (χ3v) is 5.88. The van der Waals surface area contributed by atoms with Crippen LogP contribution in [0.25, 0.3) is 6.08 Å². The minimum atomic E-state index is -1.17. The molecular formula is C24H21ClN2O8S. The molecule has 0 aliphatic carbocycles. The molecule has 1 fully saturated rings. The molecule has 0 unspecified atom stereocenters. The van der Waals surface area contributed by atoms with Crippen molar-refractivity contribution >= 4 is 64.1 Å². The van der Waals surface area contributed by atoms with E-state index >= 15 is 0 Å². The Morgan fingerprint density at radius 2 is 1.92 bits per heavy atom. The molecule has 0 saturated carbocycles. The van der Waals surface area contributed by atoms with E-state index in [2.05, 4.69) is 5.32 Å². The fourth-order valence-electron chi connectivity index (χ4n) is 3.02. The van der Waals surface area contributed by atoms with Crippen molar-refractivity contribution in [1.29, 1.82) is 0 Å². The second-order valence-electron chi connectivity index (χ2n) is 7.37. The molecule has 3 rings (SSSR count). The quantitative estimate of drug-likeness (QED) is 0.342. The van der Waals surface area contributed by atoms with Crippen molar-refractivity contribution < 1.29 is 38.6 Å². The van der Waals surface area contributed by atoms with Crippen LogP contribution in [0, 0.1) is 0 Å². The van der Waals surface area contributed by atoms with Crippen LogP contribution in [0.3, 0.4) is 0 Å². The van der Waals surface area contributed by atoms with Gasteiger partial charge >= 0.3 is 11.9 Å². The number of rotatable bonds is 10. The molecule has 3 amide bonds. The van der Waals surface area contributed by atoms with Crippen LogP contribution in [0.2, 0.25) is 5.02 Å². The Morgan fingerprint density at radius 3 is 2.64 bits per heavy atom. The van der Waals surface area contributed by atoms with E-state index in [1.54, 1.807) is 18.2 Å². The molecule has 2 aromatic carbocycles. The van der Waals surface area contributed by atoms with Gasteiger partial charge in [0, 0.05) is 11.3 Å². The number of nitrogens with one attached hydrogen (secondary N) is 1. The first-order valence-corrected chi connectivity index (χ1v) is 11.8. The molecule has 188 valence electrons. The maximum Gasteiger partial charge on any atom is 0.341 e. The van der Waals surface area contributed by atoms with Crippen LogP contribution in [0.4, 0.5) is 10.5 Å². The molecule has 0 aromatic heterocycles. The molecule has 12 heteroatoms. The Kier molecular flexibility index (Phi) is 9.09. The number of carbonyl (C=O) groups is 5. The third kappa shape index (κ3) is 6.86. The van der Waals surface area contributed by atoms with E-state index in [4.69, 9.17) is 26.2 Å². The highest BCUT2D eigenvalue weighted by atomic mass is 35.5. The first kappa shape index (κ1) is 26.8. The van der Waals surface area contributed by atoms with Gasteiger partial charge in [0.2, 0.25) is 5.91 Å². The monoisotopic (exact) mass is 532 g/mol. The van der Waals surface area contributed by atoms with Crippen molar-refractivity contribution in [2.45, 2.75) is 13.3 Å². The van der Waals surface area contributed by atoms with Gasteiger partial charge in [-0.25, -0.2) is 9.59 Å². The van der Waals surface area contributed by atoms with Crippen LogP contribution >= 0.6 is 23.4 Å². The van der Waals surface area contributed by atoms with E-state index in [1.165, 1.54) is 30.3 Å². The van der Waals surface area contributed by atoms with Gasteiger partial charge < -0.3 is 19.9 Å². The van der Waals surface area contributed by atoms with Gasteiger partial charge in [0.05, 0.1) is 22.1 Å². The Morgan fingerprint density at radius 1 is 1.17 bits per heavy atom. The van der Waals surface area contributed by atoms with Gasteiger partial charge in [0.25, 0.3) is 11.1 Å². The molecule has 36 heavy (non-hydrogen) atoms. The number of esters is 1. The molecule has 0 radical (unpaired) electrons. The average molecular weight is 533 g/mol. The summed E-state index contributed by atoms with van der Waals surface area (Å²) in [6.07, 6.45) is 2.03. The van der Waals surface area contributed by atoms with Gasteiger partial charge in [0.15, 0.2) is 6.61 Å². The van der Waals surface area contributed by atoms with E-state index in [0.29, 0.717) is 23.7 Å². The number of carbonyl (C=O) groups excluding carboxylic acids is 4. The number of halogens is 1. The second kappa shape index (κ2) is 12.2. The largest absolute Gasteiger partial charge is 0.481 e. The number of imide groups is 1. The first-order chi connectivity index (χ1) is 17.2. The number of benzene rings is 2. The van der Waals surface area contributed by atoms with E-state index in [1.807, 2.05) is 6.92 Å². The number of amides is 3. The molecule has 2 aromatic rings. The average Bonchev–Trinajstić information content (AvgIpc) is 3.10. The fourth-order valence-corrected chi connectivity index (χ4v) is 4.05. The number of thioether (sulfide) groups is 1. The minimum absolute atomic E-state index is 0.0478. The van der Waals surface area contributed by atoms with Crippen molar-refractivity contribution in [1.82, 2.24) is 4.90 Å². The summed E-state index contributed by atoms with van der Waals surface area (Å²) in [5.41, 5.74) is 0.707. The lowest BCUT2D eigenvalue weighted by molar-refractivity contribution is -0.139. The number of aliphatic carboxylic acids is 1. The zero-order chi connectivity index (χ0) is 26.2. The number of carboxylic acids is 1. The smallest absolute Gasteiger partial charge is 0.341 e. The third-order valence-electron chi connectivity index (χ3n) is 4.64. The summed E-state index contributed by atoms with van der Waals surface area (Å²) >= 11 is 6.69. The number of hydrogen-bond donors (Lipinski definition) is 2. The Balaban J connectivity index is 1.69. The van der Waals surface area contributed by atoms with Crippen molar-refractivity contribution in [2.75, 3.05) is 25.1 Å². The van der Waals surface area contributed by atoms with Gasteiger partial charge in [-0.2, -0.15) is 0 Å². The summed E-state index contributed by atoms with van der Waals surface area (Å²) in [5.74, 6) is -2.93. The van der Waals surface area contributed by atoms with Crippen LogP contribution in [-0.2, 0) is 19.1 Å². The van der Waals surface area contributed by atoms with Crippen molar-refractivity contribution in [3.63, 3.8) is 0 Å². The highest BCUT2D eigenvalue weighted by Crippen LogP contribution is 2.34.